The maximum absolute atomic E-state index is 14.7. The Hall–Kier alpha value is -2.69. The number of benzene rings is 2. The fourth-order valence-electron chi connectivity index (χ4n) is 3.76. The molecule has 0 amide bonds. The van der Waals surface area contributed by atoms with Gasteiger partial charge in [-0.25, -0.2) is 18.4 Å². The molecule has 31 heavy (non-hydrogen) atoms. The smallest absolute Gasteiger partial charge is 0.296 e. The van der Waals surface area contributed by atoms with E-state index in [2.05, 4.69) is 10.1 Å². The molecule has 0 radical (unpaired) electrons. The summed E-state index contributed by atoms with van der Waals surface area (Å²) in [5, 5.41) is 4.11. The van der Waals surface area contributed by atoms with Gasteiger partial charge in [0.25, 0.3) is 10.1 Å². The van der Waals surface area contributed by atoms with Gasteiger partial charge >= 0.3 is 0 Å². The molecule has 3 atom stereocenters. The molecular formula is C21H21F2N3O4S. The Morgan fingerprint density at radius 2 is 1.97 bits per heavy atom. The normalized spacial score (nSPS) is 23.9. The van der Waals surface area contributed by atoms with Gasteiger partial charge in [-0.1, -0.05) is 17.7 Å². The highest BCUT2D eigenvalue weighted by Gasteiger charge is 2.50. The molecule has 1 aliphatic heterocycles. The standard InChI is InChI=1S/C21H21F2N3O4S/c1-14-3-6-18(7-4-14)31(27,28)29-11-16-10-21(30-15(16)2,26-13-24-12-25-26)19-8-5-17(22)9-20(19)23/h3-9,12-13,15-16H,10-11H2,1-2H3/t15-,16+,21+/m1/s1. The van der Waals surface area contributed by atoms with Crippen LogP contribution in [-0.2, 0) is 24.8 Å². The molecule has 0 unspecified atom stereocenters. The van der Waals surface area contributed by atoms with E-state index < -0.39 is 39.5 Å². The molecule has 0 N–H and O–H groups in total. The molecule has 0 bridgehead atoms. The lowest BCUT2D eigenvalue weighted by atomic mass is 9.92. The molecule has 0 aliphatic carbocycles. The predicted molar refractivity (Wildman–Crippen MR) is 106 cm³/mol. The summed E-state index contributed by atoms with van der Waals surface area (Å²) >= 11 is 0. The van der Waals surface area contributed by atoms with Crippen LogP contribution in [0.5, 0.6) is 0 Å². The number of hydrogen-bond acceptors (Lipinski definition) is 6. The van der Waals surface area contributed by atoms with Crippen molar-refractivity contribution in [1.29, 1.82) is 0 Å². The third-order valence-electron chi connectivity index (χ3n) is 5.47. The second kappa shape index (κ2) is 8.10. The Kier molecular flexibility index (Phi) is 5.63. The minimum Gasteiger partial charge on any atom is -0.346 e. The first-order valence-electron chi connectivity index (χ1n) is 9.66. The van der Waals surface area contributed by atoms with Crippen molar-refractivity contribution in [3.63, 3.8) is 0 Å². The Morgan fingerprint density at radius 3 is 2.61 bits per heavy atom. The number of aromatic nitrogens is 3. The first-order valence-corrected chi connectivity index (χ1v) is 11.1. The summed E-state index contributed by atoms with van der Waals surface area (Å²) in [4.78, 5) is 3.97. The van der Waals surface area contributed by atoms with Crippen LogP contribution in [0.4, 0.5) is 8.78 Å². The zero-order valence-electron chi connectivity index (χ0n) is 16.9. The summed E-state index contributed by atoms with van der Waals surface area (Å²) in [7, 11) is -3.97. The topological polar surface area (TPSA) is 83.3 Å². The van der Waals surface area contributed by atoms with E-state index in [1.165, 1.54) is 35.5 Å². The fraction of sp³-hybridized carbons (Fsp3) is 0.333. The van der Waals surface area contributed by atoms with Crippen molar-refractivity contribution in [2.45, 2.75) is 37.0 Å². The highest BCUT2D eigenvalue weighted by Crippen LogP contribution is 2.44. The van der Waals surface area contributed by atoms with Gasteiger partial charge in [0.2, 0.25) is 0 Å². The largest absolute Gasteiger partial charge is 0.346 e. The fourth-order valence-corrected chi connectivity index (χ4v) is 4.72. The van der Waals surface area contributed by atoms with E-state index in [4.69, 9.17) is 8.92 Å². The van der Waals surface area contributed by atoms with E-state index in [0.717, 1.165) is 17.7 Å². The zero-order valence-corrected chi connectivity index (χ0v) is 17.7. The molecule has 10 heteroatoms. The molecule has 0 saturated carbocycles. The molecule has 1 aliphatic rings. The molecule has 1 saturated heterocycles. The molecule has 4 rings (SSSR count). The highest BCUT2D eigenvalue weighted by molar-refractivity contribution is 7.86. The van der Waals surface area contributed by atoms with Crippen LogP contribution >= 0.6 is 0 Å². The van der Waals surface area contributed by atoms with E-state index in [1.54, 1.807) is 19.1 Å². The van der Waals surface area contributed by atoms with E-state index >= 15 is 0 Å². The first kappa shape index (κ1) is 21.5. The lowest BCUT2D eigenvalue weighted by molar-refractivity contribution is -0.0740. The van der Waals surface area contributed by atoms with Crippen LogP contribution in [0.15, 0.2) is 60.0 Å². The van der Waals surface area contributed by atoms with Crippen molar-refractivity contribution in [2.24, 2.45) is 5.92 Å². The lowest BCUT2D eigenvalue weighted by Crippen LogP contribution is -2.36. The van der Waals surface area contributed by atoms with Crippen LogP contribution < -0.4 is 0 Å². The molecule has 7 nitrogen and oxygen atoms in total. The maximum Gasteiger partial charge on any atom is 0.296 e. The Balaban J connectivity index is 1.61. The third-order valence-corrected chi connectivity index (χ3v) is 6.77. The summed E-state index contributed by atoms with van der Waals surface area (Å²) in [6, 6.07) is 9.53. The quantitative estimate of drug-likeness (QED) is 0.537. The molecule has 0 spiro atoms. The number of halogens is 2. The van der Waals surface area contributed by atoms with Crippen LogP contribution in [0.2, 0.25) is 0 Å². The molecule has 2 aromatic carbocycles. The highest BCUT2D eigenvalue weighted by atomic mass is 32.2. The van der Waals surface area contributed by atoms with E-state index in [9.17, 15) is 17.2 Å². The van der Waals surface area contributed by atoms with E-state index in [0.29, 0.717) is 0 Å². The number of ether oxygens (including phenoxy) is 1. The molecular weight excluding hydrogens is 428 g/mol. The SMILES string of the molecule is Cc1ccc(S(=O)(=O)OC[C@@H]2C[C@](c3ccc(F)cc3F)(n3cncn3)O[C@@H]2C)cc1. The van der Waals surface area contributed by atoms with Crippen molar-refractivity contribution in [2.75, 3.05) is 6.61 Å². The minimum atomic E-state index is -3.97. The van der Waals surface area contributed by atoms with Crippen LogP contribution in [0.25, 0.3) is 0 Å². The van der Waals surface area contributed by atoms with Crippen LogP contribution in [-0.4, -0.2) is 35.9 Å². The summed E-state index contributed by atoms with van der Waals surface area (Å²) in [6.45, 7) is 3.43. The van der Waals surface area contributed by atoms with E-state index in [-0.39, 0.29) is 23.5 Å². The number of aryl methyl sites for hydroxylation is 1. The molecule has 1 fully saturated rings. The second-order valence-corrected chi connectivity index (χ2v) is 9.20. The van der Waals surface area contributed by atoms with Crippen molar-refractivity contribution in [3.05, 3.63) is 77.9 Å². The Labute approximate surface area is 178 Å². The van der Waals surface area contributed by atoms with Gasteiger partial charge in [-0.3, -0.25) is 4.18 Å². The van der Waals surface area contributed by atoms with Gasteiger partial charge in [0.15, 0.2) is 5.72 Å². The zero-order chi connectivity index (χ0) is 22.2. The number of nitrogens with zero attached hydrogens (tertiary/aromatic N) is 3. The molecule has 164 valence electrons. The second-order valence-electron chi connectivity index (χ2n) is 7.59. The average molecular weight is 449 g/mol. The Morgan fingerprint density at radius 1 is 1.23 bits per heavy atom. The summed E-state index contributed by atoms with van der Waals surface area (Å²) in [5.74, 6) is -1.92. The van der Waals surface area contributed by atoms with Gasteiger partial charge in [0.1, 0.15) is 24.3 Å². The minimum absolute atomic E-state index is 0.0526. The first-order chi connectivity index (χ1) is 14.7. The van der Waals surface area contributed by atoms with Crippen LogP contribution in [0.3, 0.4) is 0 Å². The summed E-state index contributed by atoms with van der Waals surface area (Å²) < 4.78 is 66.1. The molecule has 1 aromatic heterocycles. The van der Waals surface area contributed by atoms with Gasteiger partial charge in [-0.15, -0.1) is 0 Å². The summed E-state index contributed by atoms with van der Waals surface area (Å²) in [5.41, 5.74) is -0.402. The summed E-state index contributed by atoms with van der Waals surface area (Å²) in [6.07, 6.45) is 2.32. The number of hydrogen-bond donors (Lipinski definition) is 0. The predicted octanol–water partition coefficient (Wildman–Crippen LogP) is 3.40. The van der Waals surface area contributed by atoms with Crippen molar-refractivity contribution in [3.8, 4) is 0 Å². The van der Waals surface area contributed by atoms with Crippen molar-refractivity contribution < 1.29 is 26.1 Å². The van der Waals surface area contributed by atoms with Crippen molar-refractivity contribution >= 4 is 10.1 Å². The monoisotopic (exact) mass is 449 g/mol. The van der Waals surface area contributed by atoms with Gasteiger partial charge in [0, 0.05) is 24.0 Å². The third kappa shape index (κ3) is 4.10. The van der Waals surface area contributed by atoms with Crippen LogP contribution in [0, 0.1) is 24.5 Å². The van der Waals surface area contributed by atoms with Gasteiger partial charge in [-0.05, 0) is 38.1 Å². The van der Waals surface area contributed by atoms with Crippen LogP contribution in [0.1, 0.15) is 24.5 Å². The van der Waals surface area contributed by atoms with Gasteiger partial charge < -0.3 is 4.74 Å². The average Bonchev–Trinajstić information content (AvgIpc) is 3.36. The van der Waals surface area contributed by atoms with Crippen molar-refractivity contribution in [1.82, 2.24) is 14.8 Å². The molecule has 3 aromatic rings. The molecule has 2 heterocycles. The Bertz CT molecular complexity index is 1170. The van der Waals surface area contributed by atoms with Gasteiger partial charge in [-0.2, -0.15) is 13.5 Å². The van der Waals surface area contributed by atoms with E-state index in [1.807, 2.05) is 6.92 Å². The number of rotatable bonds is 6. The maximum atomic E-state index is 14.7. The lowest BCUT2D eigenvalue weighted by Gasteiger charge is -2.30. The van der Waals surface area contributed by atoms with Gasteiger partial charge in [0.05, 0.1) is 17.6 Å².